The second-order valence-electron chi connectivity index (χ2n) is 5.67. The van der Waals surface area contributed by atoms with Gasteiger partial charge in [0.2, 0.25) is 5.78 Å². The maximum Gasteiger partial charge on any atom is 0.344 e. The second kappa shape index (κ2) is 6.55. The number of benzene rings is 1. The molecule has 0 saturated carbocycles. The number of Topliss-reactive ketones (excluding diaryl/α,β-unsaturated/α-hetero) is 1. The number of carbonyl (C=O) groups is 2. The van der Waals surface area contributed by atoms with E-state index in [0.29, 0.717) is 9.41 Å². The molecule has 2 N–H and O–H groups in total. The molecule has 1 heterocycles. The quantitative estimate of drug-likeness (QED) is 0.503. The maximum atomic E-state index is 12.7. The molecule has 0 aliphatic carbocycles. The molecule has 0 radical (unpaired) electrons. The SMILES string of the molecule is CC(C)(C)OC(=O)C(C(=O)c1ccccc1)=c1sc(=C(O)O)s1. The van der Waals surface area contributed by atoms with E-state index in [1.807, 2.05) is 0 Å². The summed E-state index contributed by atoms with van der Waals surface area (Å²) in [5, 5.41) is 18.0. The van der Waals surface area contributed by atoms with Crippen molar-refractivity contribution < 1.29 is 24.5 Å². The molecule has 7 heteroatoms. The molecule has 5 nitrogen and oxygen atoms in total. The third-order valence-corrected chi connectivity index (χ3v) is 5.14. The van der Waals surface area contributed by atoms with Gasteiger partial charge in [0.05, 0.1) is 0 Å². The lowest BCUT2D eigenvalue weighted by atomic mass is 10.0. The first-order valence-corrected chi connectivity index (χ1v) is 8.37. The van der Waals surface area contributed by atoms with Crippen LogP contribution in [0.3, 0.4) is 0 Å². The number of rotatable bonds is 3. The molecule has 1 aromatic heterocycles. The molecule has 2 rings (SSSR count). The Kier molecular flexibility index (Phi) is 4.91. The van der Waals surface area contributed by atoms with Crippen LogP contribution in [0.1, 0.15) is 31.1 Å². The monoisotopic (exact) mass is 352 g/mol. The van der Waals surface area contributed by atoms with Gasteiger partial charge in [-0.15, -0.1) is 22.7 Å². The Labute approximate surface area is 140 Å². The average molecular weight is 352 g/mol. The first kappa shape index (κ1) is 17.2. The summed E-state index contributed by atoms with van der Waals surface area (Å²) in [5.74, 6) is -2.00. The van der Waals surface area contributed by atoms with E-state index < -0.39 is 23.3 Å². The van der Waals surface area contributed by atoms with Crippen LogP contribution in [-0.2, 0) is 9.53 Å². The van der Waals surface area contributed by atoms with Crippen LogP contribution >= 0.6 is 22.7 Å². The Morgan fingerprint density at radius 1 is 1.00 bits per heavy atom. The van der Waals surface area contributed by atoms with E-state index >= 15 is 0 Å². The van der Waals surface area contributed by atoms with E-state index in [1.54, 1.807) is 51.1 Å². The highest BCUT2D eigenvalue weighted by Gasteiger charge is 2.28. The predicted octanol–water partition coefficient (Wildman–Crippen LogP) is 2.37. The van der Waals surface area contributed by atoms with E-state index in [9.17, 15) is 9.59 Å². The molecule has 0 aliphatic heterocycles. The largest absolute Gasteiger partial charge is 0.479 e. The first-order valence-electron chi connectivity index (χ1n) is 6.74. The van der Waals surface area contributed by atoms with Gasteiger partial charge < -0.3 is 14.9 Å². The molecule has 122 valence electrons. The van der Waals surface area contributed by atoms with E-state index in [-0.39, 0.29) is 9.42 Å². The lowest BCUT2D eigenvalue weighted by Crippen LogP contribution is -2.31. The fourth-order valence-electron chi connectivity index (χ4n) is 1.70. The molecule has 2 aromatic rings. The molecule has 0 bridgehead atoms. The van der Waals surface area contributed by atoms with Crippen LogP contribution in [0.15, 0.2) is 30.3 Å². The summed E-state index contributed by atoms with van der Waals surface area (Å²) in [6.07, 6.45) is 0. The average Bonchev–Trinajstić information content (AvgIpc) is 2.39. The summed E-state index contributed by atoms with van der Waals surface area (Å²) >= 11 is 1.94. The Bertz CT molecular complexity index is 815. The van der Waals surface area contributed by atoms with Gasteiger partial charge in [-0.05, 0) is 20.8 Å². The van der Waals surface area contributed by atoms with Crippen LogP contribution in [0, 0.1) is 0 Å². The van der Waals surface area contributed by atoms with Crippen molar-refractivity contribution >= 4 is 45.9 Å². The fraction of sp³-hybridized carbons (Fsp3) is 0.250. The highest BCUT2D eigenvalue weighted by atomic mass is 32.2. The number of ether oxygens (including phenoxy) is 1. The summed E-state index contributed by atoms with van der Waals surface area (Å²) in [4.78, 5) is 25.1. The maximum absolute atomic E-state index is 12.7. The summed E-state index contributed by atoms with van der Waals surface area (Å²) in [7, 11) is 0. The topological polar surface area (TPSA) is 83.8 Å². The predicted molar refractivity (Wildman–Crippen MR) is 90.1 cm³/mol. The third kappa shape index (κ3) is 4.20. The van der Waals surface area contributed by atoms with Gasteiger partial charge in [0.15, 0.2) is 3.85 Å². The molecule has 0 fully saturated rings. The zero-order valence-electron chi connectivity index (χ0n) is 12.8. The summed E-state index contributed by atoms with van der Waals surface area (Å²) in [6, 6.07) is 8.41. The van der Waals surface area contributed by atoms with Crippen molar-refractivity contribution in [2.75, 3.05) is 0 Å². The normalized spacial score (nSPS) is 11.1. The number of carbonyl (C=O) groups excluding carboxylic acids is 2. The van der Waals surface area contributed by atoms with Gasteiger partial charge in [-0.25, -0.2) is 4.79 Å². The molecule has 0 spiro atoms. The fourth-order valence-corrected chi connectivity index (χ4v) is 3.54. The molecule has 0 atom stereocenters. The lowest BCUT2D eigenvalue weighted by Gasteiger charge is -2.20. The van der Waals surface area contributed by atoms with Gasteiger partial charge in [0, 0.05) is 5.56 Å². The zero-order valence-corrected chi connectivity index (χ0v) is 14.5. The number of hydrogen-bond acceptors (Lipinski definition) is 7. The smallest absolute Gasteiger partial charge is 0.344 e. The highest BCUT2D eigenvalue weighted by molar-refractivity contribution is 7.36. The number of aliphatic hydroxyl groups is 2. The Hall–Kier alpha value is -2.12. The van der Waals surface area contributed by atoms with Crippen molar-refractivity contribution in [1.82, 2.24) is 0 Å². The van der Waals surface area contributed by atoms with Crippen molar-refractivity contribution in [3.05, 3.63) is 43.6 Å². The molecular weight excluding hydrogens is 336 g/mol. The van der Waals surface area contributed by atoms with Crippen molar-refractivity contribution in [3.8, 4) is 0 Å². The number of ketones is 1. The molecule has 0 unspecified atom stereocenters. The van der Waals surface area contributed by atoms with Crippen LogP contribution < -0.4 is 7.69 Å². The zero-order chi connectivity index (χ0) is 17.2. The first-order chi connectivity index (χ1) is 10.7. The Morgan fingerprint density at radius 2 is 1.57 bits per heavy atom. The summed E-state index contributed by atoms with van der Waals surface area (Å²) < 4.78 is 5.94. The van der Waals surface area contributed by atoms with Crippen LogP contribution in [0.5, 0.6) is 0 Å². The molecule has 0 amide bonds. The van der Waals surface area contributed by atoms with Gasteiger partial charge in [-0.2, -0.15) is 0 Å². The highest BCUT2D eigenvalue weighted by Crippen LogP contribution is 2.16. The molecule has 0 aliphatic rings. The minimum absolute atomic E-state index is 0.0916. The number of aliphatic hydroxyl groups excluding tert-OH is 1. The summed E-state index contributed by atoms with van der Waals surface area (Å²) in [6.45, 7) is 5.14. The van der Waals surface area contributed by atoms with Crippen molar-refractivity contribution in [2.45, 2.75) is 26.4 Å². The number of esters is 1. The van der Waals surface area contributed by atoms with E-state index in [4.69, 9.17) is 14.9 Å². The van der Waals surface area contributed by atoms with E-state index in [2.05, 4.69) is 0 Å². The molecule has 23 heavy (non-hydrogen) atoms. The molecule has 1 aromatic carbocycles. The van der Waals surface area contributed by atoms with Crippen molar-refractivity contribution in [1.29, 1.82) is 0 Å². The number of hydrogen-bond donors (Lipinski definition) is 2. The van der Waals surface area contributed by atoms with Gasteiger partial charge in [0.25, 0.3) is 0 Å². The van der Waals surface area contributed by atoms with E-state index in [0.717, 1.165) is 22.7 Å². The lowest BCUT2D eigenvalue weighted by molar-refractivity contribution is -0.147. The van der Waals surface area contributed by atoms with E-state index in [1.165, 1.54) is 0 Å². The van der Waals surface area contributed by atoms with Crippen LogP contribution in [-0.4, -0.2) is 27.6 Å². The summed E-state index contributed by atoms with van der Waals surface area (Å²) in [5.41, 5.74) is -0.463. The van der Waals surface area contributed by atoms with Gasteiger partial charge in [-0.1, -0.05) is 30.3 Å². The van der Waals surface area contributed by atoms with Gasteiger partial charge >= 0.3 is 11.9 Å². The second-order valence-corrected chi connectivity index (χ2v) is 8.23. The minimum Gasteiger partial charge on any atom is -0.479 e. The third-order valence-electron chi connectivity index (χ3n) is 2.62. The van der Waals surface area contributed by atoms with Gasteiger partial charge in [0.1, 0.15) is 15.0 Å². The van der Waals surface area contributed by atoms with Crippen LogP contribution in [0.4, 0.5) is 0 Å². The minimum atomic E-state index is -0.820. The Balaban J connectivity index is 2.54. The van der Waals surface area contributed by atoms with Crippen LogP contribution in [0.25, 0.3) is 11.5 Å². The Morgan fingerprint density at radius 3 is 2.04 bits per heavy atom. The molecular formula is C16H16O5S2. The van der Waals surface area contributed by atoms with Crippen LogP contribution in [0.2, 0.25) is 0 Å². The van der Waals surface area contributed by atoms with Crippen molar-refractivity contribution in [3.63, 3.8) is 0 Å². The standard InChI is InChI=1S/C16H16O5S2/c1-16(2,3)21-13(20)10(14-22-15(23-14)12(18)19)11(17)9-7-5-4-6-8-9/h4-8,18-19H,1-3H3. The molecule has 0 saturated heterocycles. The van der Waals surface area contributed by atoms with Crippen molar-refractivity contribution in [2.24, 2.45) is 0 Å². The van der Waals surface area contributed by atoms with Gasteiger partial charge in [-0.3, -0.25) is 4.79 Å².